The minimum absolute atomic E-state index is 0.164. The monoisotopic (exact) mass is 487 g/mol. The van der Waals surface area contributed by atoms with E-state index in [-0.39, 0.29) is 5.78 Å². The van der Waals surface area contributed by atoms with Gasteiger partial charge in [-0.1, -0.05) is 117 Å². The van der Waals surface area contributed by atoms with Crippen molar-refractivity contribution in [1.29, 1.82) is 0 Å². The maximum atomic E-state index is 11.0. The normalized spacial score (nSPS) is 9.23. The van der Waals surface area contributed by atoms with E-state index in [1.165, 1.54) is 50.5 Å². The first-order valence-corrected chi connectivity index (χ1v) is 14.1. The van der Waals surface area contributed by atoms with Gasteiger partial charge >= 0.3 is 0 Å². The van der Waals surface area contributed by atoms with Gasteiger partial charge in [0.2, 0.25) is 0 Å². The Labute approximate surface area is 218 Å². The Morgan fingerprint density at radius 2 is 1.34 bits per heavy atom. The molecule has 1 aromatic carbocycles. The second-order valence-corrected chi connectivity index (χ2v) is 8.38. The van der Waals surface area contributed by atoms with Crippen LogP contribution in [-0.4, -0.2) is 12.1 Å². The molecule has 1 N–H and O–H groups in total. The van der Waals surface area contributed by atoms with Gasteiger partial charge in [0.25, 0.3) is 0 Å². The highest BCUT2D eigenvalue weighted by Crippen LogP contribution is 2.16. The number of anilines is 1. The lowest BCUT2D eigenvalue weighted by molar-refractivity contribution is -0.116. The molecule has 0 atom stereocenters. The summed E-state index contributed by atoms with van der Waals surface area (Å²) in [5, 5.41) is 3.25. The number of nitrogens with one attached hydrogen (secondary N) is 1. The van der Waals surface area contributed by atoms with Gasteiger partial charge in [-0.3, -0.25) is 4.79 Å². The minimum atomic E-state index is 0.164. The maximum absolute atomic E-state index is 11.0. The van der Waals surface area contributed by atoms with Crippen LogP contribution in [0.25, 0.3) is 0 Å². The minimum Gasteiger partial charge on any atom is -0.359 e. The van der Waals surface area contributed by atoms with Crippen LogP contribution in [0.15, 0.2) is 48.7 Å². The van der Waals surface area contributed by atoms with Crippen molar-refractivity contribution in [3.05, 3.63) is 54.3 Å². The van der Waals surface area contributed by atoms with E-state index in [4.69, 9.17) is 0 Å². The smallest absolute Gasteiger partial charge is 0.133 e. The zero-order valence-corrected chi connectivity index (χ0v) is 24.3. The molecular formula is C32H57NO2. The van der Waals surface area contributed by atoms with Crippen LogP contribution >= 0.6 is 0 Å². The molecule has 3 nitrogen and oxygen atoms in total. The Kier molecular flexibility index (Phi) is 31.9. The molecular weight excluding hydrogens is 430 g/mol. The number of rotatable bonds is 17. The molecule has 0 amide bonds. The van der Waals surface area contributed by atoms with Gasteiger partial charge in [0.1, 0.15) is 12.1 Å². The number of ketones is 1. The fourth-order valence-electron chi connectivity index (χ4n) is 3.21. The number of allylic oxidation sites excluding steroid dienone is 2. The van der Waals surface area contributed by atoms with Gasteiger partial charge in [-0.15, -0.1) is 0 Å². The Hall–Kier alpha value is -2.16. The van der Waals surface area contributed by atoms with Crippen LogP contribution < -0.4 is 5.32 Å². The largest absolute Gasteiger partial charge is 0.359 e. The molecule has 0 aliphatic carbocycles. The highest BCUT2D eigenvalue weighted by atomic mass is 16.1. The third-order valence-electron chi connectivity index (χ3n) is 5.05. The van der Waals surface area contributed by atoms with E-state index in [0.717, 1.165) is 48.9 Å². The number of hydrogen-bond acceptors (Lipinski definition) is 3. The molecule has 35 heavy (non-hydrogen) atoms. The number of aryl methyl sites for hydroxylation is 1. The molecule has 0 spiro atoms. The number of Topliss-reactive ketones (excluding diaryl/α,β-unsaturated/α-hetero) is 1. The predicted molar refractivity (Wildman–Crippen MR) is 158 cm³/mol. The van der Waals surface area contributed by atoms with Crippen LogP contribution in [0.5, 0.6) is 0 Å². The van der Waals surface area contributed by atoms with Gasteiger partial charge < -0.3 is 10.1 Å². The average molecular weight is 488 g/mol. The Morgan fingerprint density at radius 3 is 1.80 bits per heavy atom. The van der Waals surface area contributed by atoms with E-state index in [2.05, 4.69) is 44.5 Å². The van der Waals surface area contributed by atoms with Crippen molar-refractivity contribution in [3.63, 3.8) is 0 Å². The molecule has 0 fully saturated rings. The van der Waals surface area contributed by atoms with E-state index < -0.39 is 0 Å². The van der Waals surface area contributed by atoms with Crippen molar-refractivity contribution >= 4 is 17.8 Å². The van der Waals surface area contributed by atoms with Crippen molar-refractivity contribution < 1.29 is 9.59 Å². The van der Waals surface area contributed by atoms with Crippen LogP contribution in [0.2, 0.25) is 0 Å². The summed E-state index contributed by atoms with van der Waals surface area (Å²) in [7, 11) is 0. The van der Waals surface area contributed by atoms with Crippen LogP contribution in [0.4, 0.5) is 5.69 Å². The summed E-state index contributed by atoms with van der Waals surface area (Å²) in [6.45, 7) is 22.0. The Balaban J connectivity index is -0.000000659. The van der Waals surface area contributed by atoms with Crippen molar-refractivity contribution in [3.8, 4) is 0 Å². The van der Waals surface area contributed by atoms with Crippen molar-refractivity contribution in [2.45, 2.75) is 132 Å². The summed E-state index contributed by atoms with van der Waals surface area (Å²) in [6.07, 6.45) is 15.3. The zero-order chi connectivity index (χ0) is 27.3. The van der Waals surface area contributed by atoms with Crippen LogP contribution in [-0.2, 0) is 16.0 Å². The number of hydrogen-bond donors (Lipinski definition) is 1. The molecule has 0 heterocycles. The standard InChI is InChI=1S/C19H25NO2.C9H20.2C2H6/c1-15(14-17(3)22)7-8-18-9-11-19(12-10-18)20-16(2)6-4-5-13-21;1-3-5-7-9-8-6-4-2;2*1-2/h9-13,20H,1-2,4-8,14H2,3H3;3-9H2,1-2H3;2*1-2H3. The van der Waals surface area contributed by atoms with E-state index in [9.17, 15) is 9.59 Å². The predicted octanol–water partition coefficient (Wildman–Crippen LogP) is 10.3. The Bertz CT molecular complexity index is 625. The molecule has 0 saturated heterocycles. The fourth-order valence-corrected chi connectivity index (χ4v) is 3.21. The van der Waals surface area contributed by atoms with Gasteiger partial charge in [-0.25, -0.2) is 0 Å². The van der Waals surface area contributed by atoms with Gasteiger partial charge in [-0.2, -0.15) is 0 Å². The molecule has 202 valence electrons. The third kappa shape index (κ3) is 28.0. The second-order valence-electron chi connectivity index (χ2n) is 8.38. The summed E-state index contributed by atoms with van der Waals surface area (Å²) >= 11 is 0. The van der Waals surface area contributed by atoms with Crippen LogP contribution in [0, 0.1) is 0 Å². The summed E-state index contributed by atoms with van der Waals surface area (Å²) < 4.78 is 0. The van der Waals surface area contributed by atoms with Crippen molar-refractivity contribution in [2.24, 2.45) is 0 Å². The van der Waals surface area contributed by atoms with Gasteiger partial charge in [0, 0.05) is 24.2 Å². The highest BCUT2D eigenvalue weighted by Gasteiger charge is 2.01. The molecule has 1 rings (SSSR count). The molecule has 0 bridgehead atoms. The van der Waals surface area contributed by atoms with Gasteiger partial charge in [0.15, 0.2) is 0 Å². The lowest BCUT2D eigenvalue weighted by Gasteiger charge is -2.10. The average Bonchev–Trinajstić information content (AvgIpc) is 2.86. The first-order chi connectivity index (χ1) is 16.9. The van der Waals surface area contributed by atoms with Crippen molar-refractivity contribution in [1.82, 2.24) is 0 Å². The zero-order valence-electron chi connectivity index (χ0n) is 24.3. The molecule has 0 unspecified atom stereocenters. The summed E-state index contributed by atoms with van der Waals surface area (Å²) in [5.41, 5.74) is 4.13. The first-order valence-electron chi connectivity index (χ1n) is 14.1. The first kappa shape index (κ1) is 37.4. The number of unbranched alkanes of at least 4 members (excludes halogenated alkanes) is 7. The van der Waals surface area contributed by atoms with E-state index in [1.54, 1.807) is 6.92 Å². The quantitative estimate of drug-likeness (QED) is 0.135. The molecule has 0 saturated carbocycles. The lowest BCUT2D eigenvalue weighted by Crippen LogP contribution is -1.99. The third-order valence-corrected chi connectivity index (χ3v) is 5.05. The van der Waals surface area contributed by atoms with Gasteiger partial charge in [0.05, 0.1) is 0 Å². The number of carbonyl (C=O) groups is 2. The van der Waals surface area contributed by atoms with E-state index in [0.29, 0.717) is 12.8 Å². The van der Waals surface area contributed by atoms with Gasteiger partial charge in [-0.05, 0) is 50.3 Å². The van der Waals surface area contributed by atoms with Crippen LogP contribution in [0.3, 0.4) is 0 Å². The number of aldehydes is 1. The second kappa shape index (κ2) is 29.9. The molecule has 3 heteroatoms. The Morgan fingerprint density at radius 1 is 0.829 bits per heavy atom. The van der Waals surface area contributed by atoms with Crippen molar-refractivity contribution in [2.75, 3.05) is 5.32 Å². The number of carbonyl (C=O) groups excluding carboxylic acids is 2. The lowest BCUT2D eigenvalue weighted by atomic mass is 10.0. The summed E-state index contributed by atoms with van der Waals surface area (Å²) in [6, 6.07) is 8.19. The van der Waals surface area contributed by atoms with E-state index in [1.807, 2.05) is 39.8 Å². The fraction of sp³-hybridized carbons (Fsp3) is 0.625. The highest BCUT2D eigenvalue weighted by molar-refractivity contribution is 5.77. The maximum Gasteiger partial charge on any atom is 0.133 e. The summed E-state index contributed by atoms with van der Waals surface area (Å²) in [4.78, 5) is 21.3. The molecule has 0 aliphatic rings. The molecule has 0 aliphatic heterocycles. The van der Waals surface area contributed by atoms with E-state index >= 15 is 0 Å². The topological polar surface area (TPSA) is 46.2 Å². The molecule has 1 aromatic rings. The van der Waals surface area contributed by atoms with Crippen LogP contribution in [0.1, 0.15) is 131 Å². The summed E-state index contributed by atoms with van der Waals surface area (Å²) in [5.74, 6) is 0.164. The SMILES string of the molecule is C=C(CCc1ccc(NC(=C)CCCC=O)cc1)CC(C)=O.CC.CC.CCCCCCCCC. The molecule has 0 aromatic heterocycles. The molecule has 0 radical (unpaired) electrons. The number of benzene rings is 1.